The monoisotopic (exact) mass is 198 g/mol. The zero-order chi connectivity index (χ0) is 10.7. The molecule has 1 heterocycles. The number of nitrogens with one attached hydrogen (secondary N) is 1. The van der Waals surface area contributed by atoms with Gasteiger partial charge in [-0.2, -0.15) is 0 Å². The third-order valence-electron chi connectivity index (χ3n) is 1.96. The van der Waals surface area contributed by atoms with Crippen LogP contribution in [0.1, 0.15) is 19.7 Å². The number of carbonyl (C=O) groups is 1. The molecule has 0 saturated heterocycles. The summed E-state index contributed by atoms with van der Waals surface area (Å²) in [6.45, 7) is 5.16. The van der Waals surface area contributed by atoms with Crippen LogP contribution in [-0.4, -0.2) is 22.1 Å². The van der Waals surface area contributed by atoms with E-state index in [9.17, 15) is 4.79 Å². The van der Waals surface area contributed by atoms with Crippen molar-refractivity contribution in [2.24, 2.45) is 11.7 Å². The Kier molecular flexibility index (Phi) is 3.19. The molecule has 1 aromatic heterocycles. The summed E-state index contributed by atoms with van der Waals surface area (Å²) in [5.74, 6) is -0.0976. The largest absolute Gasteiger partial charge is 0.408 e. The standard InChI is InChI=1S/C8H14N4O2/c1-4(5(2)9)7(13)10-8-12-11-6(3)14-8/h4-5H,9H2,1-3H3,(H,10,12,13). The highest BCUT2D eigenvalue weighted by molar-refractivity contribution is 5.90. The summed E-state index contributed by atoms with van der Waals surface area (Å²) < 4.78 is 4.99. The second-order valence-corrected chi connectivity index (χ2v) is 3.26. The smallest absolute Gasteiger partial charge is 0.322 e. The van der Waals surface area contributed by atoms with E-state index in [1.54, 1.807) is 20.8 Å². The van der Waals surface area contributed by atoms with Gasteiger partial charge in [0.25, 0.3) is 0 Å². The van der Waals surface area contributed by atoms with Crippen LogP contribution >= 0.6 is 0 Å². The molecule has 78 valence electrons. The third kappa shape index (κ3) is 2.53. The van der Waals surface area contributed by atoms with Crippen LogP contribution in [-0.2, 0) is 4.79 Å². The van der Waals surface area contributed by atoms with E-state index < -0.39 is 0 Å². The van der Waals surface area contributed by atoms with Gasteiger partial charge in [0.05, 0.1) is 5.92 Å². The van der Waals surface area contributed by atoms with Gasteiger partial charge in [-0.1, -0.05) is 12.0 Å². The number of carbonyl (C=O) groups excluding carboxylic acids is 1. The van der Waals surface area contributed by atoms with Crippen molar-refractivity contribution in [2.75, 3.05) is 5.32 Å². The first-order valence-corrected chi connectivity index (χ1v) is 4.37. The molecule has 1 amide bonds. The summed E-state index contributed by atoms with van der Waals surface area (Å²) in [5.41, 5.74) is 5.57. The molecule has 0 fully saturated rings. The number of nitrogens with two attached hydrogens (primary N) is 1. The Hall–Kier alpha value is -1.43. The van der Waals surface area contributed by atoms with E-state index in [0.717, 1.165) is 0 Å². The second-order valence-electron chi connectivity index (χ2n) is 3.26. The highest BCUT2D eigenvalue weighted by atomic mass is 16.4. The number of aromatic nitrogens is 2. The Morgan fingerprint density at radius 3 is 2.57 bits per heavy atom. The van der Waals surface area contributed by atoms with Crippen molar-refractivity contribution >= 4 is 11.9 Å². The van der Waals surface area contributed by atoms with Crippen LogP contribution in [0.15, 0.2) is 4.42 Å². The van der Waals surface area contributed by atoms with E-state index in [1.165, 1.54) is 0 Å². The minimum atomic E-state index is -0.290. The molecule has 6 nitrogen and oxygen atoms in total. The number of rotatable bonds is 3. The lowest BCUT2D eigenvalue weighted by Gasteiger charge is -2.12. The van der Waals surface area contributed by atoms with Crippen molar-refractivity contribution in [3.63, 3.8) is 0 Å². The molecule has 2 atom stereocenters. The van der Waals surface area contributed by atoms with E-state index in [0.29, 0.717) is 5.89 Å². The number of aryl methyl sites for hydroxylation is 1. The molecule has 0 aliphatic carbocycles. The van der Waals surface area contributed by atoms with Gasteiger partial charge in [-0.25, -0.2) is 0 Å². The highest BCUT2D eigenvalue weighted by Crippen LogP contribution is 2.07. The Balaban J connectivity index is 2.57. The van der Waals surface area contributed by atoms with Crippen LogP contribution in [0.3, 0.4) is 0 Å². The van der Waals surface area contributed by atoms with Crippen LogP contribution in [0.4, 0.5) is 6.01 Å². The van der Waals surface area contributed by atoms with Gasteiger partial charge < -0.3 is 10.2 Å². The molecule has 0 radical (unpaired) electrons. The SMILES string of the molecule is Cc1nnc(NC(=O)C(C)C(C)N)o1. The highest BCUT2D eigenvalue weighted by Gasteiger charge is 2.18. The van der Waals surface area contributed by atoms with E-state index in [-0.39, 0.29) is 23.9 Å². The minimum absolute atomic E-state index is 0.111. The predicted octanol–water partition coefficient (Wildman–Crippen LogP) is 0.300. The lowest BCUT2D eigenvalue weighted by atomic mass is 10.0. The number of anilines is 1. The predicted molar refractivity (Wildman–Crippen MR) is 50.5 cm³/mol. The number of hydrogen-bond acceptors (Lipinski definition) is 5. The number of nitrogens with zero attached hydrogens (tertiary/aromatic N) is 2. The summed E-state index contributed by atoms with van der Waals surface area (Å²) in [7, 11) is 0. The van der Waals surface area contributed by atoms with Crippen molar-refractivity contribution in [1.29, 1.82) is 0 Å². The first-order valence-electron chi connectivity index (χ1n) is 4.37. The van der Waals surface area contributed by atoms with Gasteiger partial charge in [-0.15, -0.1) is 5.10 Å². The van der Waals surface area contributed by atoms with E-state index in [2.05, 4.69) is 15.5 Å². The molecule has 0 aromatic carbocycles. The van der Waals surface area contributed by atoms with Crippen LogP contribution in [0, 0.1) is 12.8 Å². The fraction of sp³-hybridized carbons (Fsp3) is 0.625. The molecule has 3 N–H and O–H groups in total. The molecule has 1 rings (SSSR count). The van der Waals surface area contributed by atoms with E-state index >= 15 is 0 Å². The van der Waals surface area contributed by atoms with Crippen LogP contribution in [0.25, 0.3) is 0 Å². The number of hydrogen-bond donors (Lipinski definition) is 2. The summed E-state index contributed by atoms with van der Waals surface area (Å²) in [4.78, 5) is 11.4. The van der Waals surface area contributed by atoms with Crippen LogP contribution in [0.2, 0.25) is 0 Å². The van der Waals surface area contributed by atoms with E-state index in [1.807, 2.05) is 0 Å². The molecule has 0 bridgehead atoms. The molecular formula is C8H14N4O2. The quantitative estimate of drug-likeness (QED) is 0.728. The van der Waals surface area contributed by atoms with Crippen molar-refractivity contribution in [3.05, 3.63) is 5.89 Å². The van der Waals surface area contributed by atoms with Gasteiger partial charge in [0.1, 0.15) is 0 Å². The average Bonchev–Trinajstić information content (AvgIpc) is 2.49. The van der Waals surface area contributed by atoms with Crippen molar-refractivity contribution < 1.29 is 9.21 Å². The third-order valence-corrected chi connectivity index (χ3v) is 1.96. The van der Waals surface area contributed by atoms with Gasteiger partial charge in [-0.3, -0.25) is 10.1 Å². The van der Waals surface area contributed by atoms with Gasteiger partial charge in [0.2, 0.25) is 11.8 Å². The van der Waals surface area contributed by atoms with Gasteiger partial charge in [0.15, 0.2) is 0 Å². The fourth-order valence-corrected chi connectivity index (χ4v) is 0.805. The maximum Gasteiger partial charge on any atom is 0.322 e. The maximum absolute atomic E-state index is 11.4. The van der Waals surface area contributed by atoms with Gasteiger partial charge >= 0.3 is 6.01 Å². The van der Waals surface area contributed by atoms with Gasteiger partial charge in [0, 0.05) is 13.0 Å². The maximum atomic E-state index is 11.4. The summed E-state index contributed by atoms with van der Waals surface area (Å²) >= 11 is 0. The molecule has 14 heavy (non-hydrogen) atoms. The van der Waals surface area contributed by atoms with Crippen molar-refractivity contribution in [3.8, 4) is 0 Å². The molecule has 0 aliphatic heterocycles. The van der Waals surface area contributed by atoms with Crippen LogP contribution < -0.4 is 11.1 Å². The van der Waals surface area contributed by atoms with Gasteiger partial charge in [-0.05, 0) is 6.92 Å². The Morgan fingerprint density at radius 1 is 1.50 bits per heavy atom. The summed E-state index contributed by atoms with van der Waals surface area (Å²) in [6, 6.07) is -0.0981. The molecule has 0 spiro atoms. The van der Waals surface area contributed by atoms with Crippen LogP contribution in [0.5, 0.6) is 0 Å². The first kappa shape index (κ1) is 10.6. The number of amides is 1. The lowest BCUT2D eigenvalue weighted by molar-refractivity contribution is -0.119. The molecule has 6 heteroatoms. The molecule has 1 aromatic rings. The molecular weight excluding hydrogens is 184 g/mol. The molecule has 0 saturated carbocycles. The average molecular weight is 198 g/mol. The Bertz CT molecular complexity index is 321. The second kappa shape index (κ2) is 4.19. The van der Waals surface area contributed by atoms with Crippen molar-refractivity contribution in [1.82, 2.24) is 10.2 Å². The molecule has 2 unspecified atom stereocenters. The summed E-state index contributed by atoms with van der Waals surface area (Å²) in [5, 5.41) is 9.70. The molecule has 0 aliphatic rings. The fourth-order valence-electron chi connectivity index (χ4n) is 0.805. The Morgan fingerprint density at radius 2 is 2.14 bits per heavy atom. The lowest BCUT2D eigenvalue weighted by Crippen LogP contribution is -2.34. The normalized spacial score (nSPS) is 14.9. The van der Waals surface area contributed by atoms with E-state index in [4.69, 9.17) is 10.2 Å². The Labute approximate surface area is 81.9 Å². The zero-order valence-corrected chi connectivity index (χ0v) is 8.44. The van der Waals surface area contributed by atoms with Crippen molar-refractivity contribution in [2.45, 2.75) is 26.8 Å². The first-order chi connectivity index (χ1) is 6.50. The summed E-state index contributed by atoms with van der Waals surface area (Å²) in [6.07, 6.45) is 0. The topological polar surface area (TPSA) is 94.0 Å². The zero-order valence-electron chi connectivity index (χ0n) is 8.44. The minimum Gasteiger partial charge on any atom is -0.408 e.